The highest BCUT2D eigenvalue weighted by Crippen LogP contribution is 2.66. The molecule has 15 heavy (non-hydrogen) atoms. The second-order valence-corrected chi connectivity index (χ2v) is 5.56. The lowest BCUT2D eigenvalue weighted by molar-refractivity contribution is 0.119. The highest BCUT2D eigenvalue weighted by Gasteiger charge is 2.66. The summed E-state index contributed by atoms with van der Waals surface area (Å²) in [6, 6.07) is 1.96. The topological polar surface area (TPSA) is 29.5 Å². The molecule has 2 aliphatic rings. The van der Waals surface area contributed by atoms with Crippen LogP contribution in [0.25, 0.3) is 0 Å². The average Bonchev–Trinajstić information content (AvgIpc) is 2.69. The summed E-state index contributed by atoms with van der Waals surface area (Å²) in [4.78, 5) is 1.06. The molecule has 3 heteroatoms. The van der Waals surface area contributed by atoms with Gasteiger partial charge in [0, 0.05) is 0 Å². The van der Waals surface area contributed by atoms with Crippen molar-refractivity contribution < 1.29 is 9.84 Å². The molecule has 0 spiro atoms. The largest absolute Gasteiger partial charge is 0.495 e. The molecule has 2 nitrogen and oxygen atoms in total. The smallest absolute Gasteiger partial charge is 0.135 e. The fraction of sp³-hybridized carbons (Fsp3) is 0.667. The molecule has 0 aromatic carbocycles. The minimum absolute atomic E-state index is 0.499. The van der Waals surface area contributed by atoms with Crippen molar-refractivity contribution in [1.29, 1.82) is 0 Å². The first kappa shape index (κ1) is 9.67. The number of ether oxygens (including phenoxy) is 1. The van der Waals surface area contributed by atoms with Crippen LogP contribution in [0, 0.1) is 11.8 Å². The standard InChI is InChI=1S/C12H16O2S/c1-14-10-6-7-15-11(10)12(13)8-4-2-3-5-9(8)12/h6-9,13H,2-5H2,1H3. The number of aliphatic hydroxyl groups is 1. The van der Waals surface area contributed by atoms with E-state index in [1.807, 2.05) is 11.4 Å². The van der Waals surface area contributed by atoms with E-state index in [-0.39, 0.29) is 0 Å². The van der Waals surface area contributed by atoms with Crippen molar-refractivity contribution in [3.63, 3.8) is 0 Å². The first-order valence-corrected chi connectivity index (χ1v) is 6.50. The highest BCUT2D eigenvalue weighted by atomic mass is 32.1. The van der Waals surface area contributed by atoms with E-state index in [1.54, 1.807) is 18.4 Å². The Morgan fingerprint density at radius 3 is 2.67 bits per heavy atom. The lowest BCUT2D eigenvalue weighted by Gasteiger charge is -2.10. The van der Waals surface area contributed by atoms with Crippen LogP contribution in [-0.2, 0) is 5.60 Å². The van der Waals surface area contributed by atoms with Gasteiger partial charge in [0.25, 0.3) is 0 Å². The van der Waals surface area contributed by atoms with Crippen molar-refractivity contribution in [3.05, 3.63) is 16.3 Å². The van der Waals surface area contributed by atoms with Crippen LogP contribution in [0.3, 0.4) is 0 Å². The van der Waals surface area contributed by atoms with Gasteiger partial charge in [0.2, 0.25) is 0 Å². The molecule has 2 atom stereocenters. The van der Waals surface area contributed by atoms with Gasteiger partial charge in [-0.15, -0.1) is 11.3 Å². The van der Waals surface area contributed by atoms with Crippen molar-refractivity contribution in [2.45, 2.75) is 31.3 Å². The molecule has 2 fully saturated rings. The van der Waals surface area contributed by atoms with Crippen molar-refractivity contribution in [1.82, 2.24) is 0 Å². The summed E-state index contributed by atoms with van der Waals surface area (Å²) in [6.45, 7) is 0. The van der Waals surface area contributed by atoms with Gasteiger partial charge < -0.3 is 9.84 Å². The van der Waals surface area contributed by atoms with Crippen LogP contribution in [0.15, 0.2) is 11.4 Å². The molecule has 0 aliphatic heterocycles. The Hall–Kier alpha value is -0.540. The van der Waals surface area contributed by atoms with Gasteiger partial charge in [0.05, 0.1) is 12.0 Å². The molecule has 0 amide bonds. The normalized spacial score (nSPS) is 38.5. The summed E-state index contributed by atoms with van der Waals surface area (Å²) >= 11 is 1.63. The molecule has 3 rings (SSSR count). The van der Waals surface area contributed by atoms with Gasteiger partial charge in [0.15, 0.2) is 0 Å². The molecule has 2 unspecified atom stereocenters. The quantitative estimate of drug-likeness (QED) is 0.837. The van der Waals surface area contributed by atoms with Crippen molar-refractivity contribution in [2.75, 3.05) is 7.11 Å². The zero-order valence-electron chi connectivity index (χ0n) is 8.90. The molecule has 0 radical (unpaired) electrons. The number of methoxy groups -OCH3 is 1. The summed E-state index contributed by atoms with van der Waals surface area (Å²) in [5.74, 6) is 1.87. The molecular formula is C12H16O2S. The third-order valence-electron chi connectivity index (χ3n) is 4.00. The number of hydrogen-bond acceptors (Lipinski definition) is 3. The maximum Gasteiger partial charge on any atom is 0.135 e. The number of rotatable bonds is 2. The van der Waals surface area contributed by atoms with E-state index in [4.69, 9.17) is 4.74 Å². The molecular weight excluding hydrogens is 208 g/mol. The predicted molar refractivity (Wildman–Crippen MR) is 60.2 cm³/mol. The first-order valence-electron chi connectivity index (χ1n) is 5.62. The molecule has 2 saturated carbocycles. The SMILES string of the molecule is COc1ccsc1C1(O)C2CCCCC21. The summed E-state index contributed by atoms with van der Waals surface area (Å²) in [6.07, 6.45) is 4.92. The van der Waals surface area contributed by atoms with Gasteiger partial charge >= 0.3 is 0 Å². The van der Waals surface area contributed by atoms with Crippen LogP contribution in [-0.4, -0.2) is 12.2 Å². The molecule has 0 saturated heterocycles. The van der Waals surface area contributed by atoms with E-state index in [1.165, 1.54) is 25.7 Å². The highest BCUT2D eigenvalue weighted by molar-refractivity contribution is 7.10. The number of hydrogen-bond donors (Lipinski definition) is 1. The third-order valence-corrected chi connectivity index (χ3v) is 5.04. The van der Waals surface area contributed by atoms with E-state index < -0.39 is 5.60 Å². The van der Waals surface area contributed by atoms with E-state index in [9.17, 15) is 5.11 Å². The number of thiophene rings is 1. The molecule has 2 aliphatic carbocycles. The zero-order valence-corrected chi connectivity index (χ0v) is 9.72. The lowest BCUT2D eigenvalue weighted by Crippen LogP contribution is -2.09. The second kappa shape index (κ2) is 3.22. The van der Waals surface area contributed by atoms with Crippen molar-refractivity contribution in [3.8, 4) is 5.75 Å². The van der Waals surface area contributed by atoms with Crippen LogP contribution in [0.2, 0.25) is 0 Å². The van der Waals surface area contributed by atoms with Crippen LogP contribution < -0.4 is 4.74 Å². The van der Waals surface area contributed by atoms with E-state index in [0.29, 0.717) is 11.8 Å². The van der Waals surface area contributed by atoms with Crippen LogP contribution in [0.4, 0.5) is 0 Å². The van der Waals surface area contributed by atoms with E-state index in [2.05, 4.69) is 0 Å². The molecule has 1 aromatic rings. The van der Waals surface area contributed by atoms with Crippen molar-refractivity contribution >= 4 is 11.3 Å². The maximum absolute atomic E-state index is 10.7. The Morgan fingerprint density at radius 2 is 2.07 bits per heavy atom. The van der Waals surface area contributed by atoms with E-state index >= 15 is 0 Å². The minimum atomic E-state index is -0.546. The molecule has 1 N–H and O–H groups in total. The number of fused-ring (bicyclic) bond motifs is 1. The zero-order chi connectivity index (χ0) is 10.5. The second-order valence-electron chi connectivity index (χ2n) is 4.64. The van der Waals surface area contributed by atoms with Gasteiger partial charge in [-0.3, -0.25) is 0 Å². The molecule has 1 aromatic heterocycles. The predicted octanol–water partition coefficient (Wildman–Crippen LogP) is 2.76. The molecule has 0 bridgehead atoms. The van der Waals surface area contributed by atoms with Crippen LogP contribution in [0.1, 0.15) is 30.6 Å². The Bertz CT molecular complexity index is 359. The van der Waals surface area contributed by atoms with E-state index in [0.717, 1.165) is 10.6 Å². The van der Waals surface area contributed by atoms with Gasteiger partial charge in [0.1, 0.15) is 11.4 Å². The minimum Gasteiger partial charge on any atom is -0.495 e. The average molecular weight is 224 g/mol. The Morgan fingerprint density at radius 1 is 1.40 bits per heavy atom. The maximum atomic E-state index is 10.7. The Kier molecular flexibility index (Phi) is 2.08. The summed E-state index contributed by atoms with van der Waals surface area (Å²) in [7, 11) is 1.68. The fourth-order valence-corrected chi connectivity index (χ4v) is 4.27. The monoisotopic (exact) mass is 224 g/mol. The van der Waals surface area contributed by atoms with Gasteiger partial charge in [-0.05, 0) is 36.1 Å². The first-order chi connectivity index (χ1) is 7.28. The van der Waals surface area contributed by atoms with Gasteiger partial charge in [-0.1, -0.05) is 12.8 Å². The van der Waals surface area contributed by atoms with Crippen LogP contribution >= 0.6 is 11.3 Å². The van der Waals surface area contributed by atoms with Gasteiger partial charge in [-0.2, -0.15) is 0 Å². The Balaban J connectivity index is 1.94. The van der Waals surface area contributed by atoms with Crippen molar-refractivity contribution in [2.24, 2.45) is 11.8 Å². The summed E-state index contributed by atoms with van der Waals surface area (Å²) < 4.78 is 5.31. The fourth-order valence-electron chi connectivity index (χ4n) is 3.18. The summed E-state index contributed by atoms with van der Waals surface area (Å²) in [5, 5.41) is 12.7. The van der Waals surface area contributed by atoms with Crippen LogP contribution in [0.5, 0.6) is 5.75 Å². The van der Waals surface area contributed by atoms with Gasteiger partial charge in [-0.25, -0.2) is 0 Å². The third kappa shape index (κ3) is 1.20. The molecule has 82 valence electrons. The summed E-state index contributed by atoms with van der Waals surface area (Å²) in [5.41, 5.74) is -0.546. The Labute approximate surface area is 93.9 Å². The molecule has 1 heterocycles. The lowest BCUT2D eigenvalue weighted by atomic mass is 10.0.